The summed E-state index contributed by atoms with van der Waals surface area (Å²) in [5.41, 5.74) is 4.47. The average Bonchev–Trinajstić information content (AvgIpc) is 3.08. The molecule has 2 heterocycles. The minimum Gasteiger partial charge on any atom is -0.365 e. The van der Waals surface area contributed by atoms with Crippen molar-refractivity contribution in [1.29, 1.82) is 0 Å². The minimum atomic E-state index is -5.25. The molecule has 2 unspecified atom stereocenters. The SMILES string of the molecule is NC(=O)c1nc([C@H]2CC[C@@H](CO[P+](O)(O)OP(=O)(O)O[P+](=O)O)O2)sc1F. The van der Waals surface area contributed by atoms with Crippen LogP contribution in [0.1, 0.15) is 34.4 Å². The van der Waals surface area contributed by atoms with E-state index in [2.05, 4.69) is 18.1 Å². The Morgan fingerprint density at radius 1 is 1.52 bits per heavy atom. The fourth-order valence-electron chi connectivity index (χ4n) is 2.06. The van der Waals surface area contributed by atoms with Gasteiger partial charge in [-0.2, -0.15) is 18.7 Å². The summed E-state index contributed by atoms with van der Waals surface area (Å²) >= 11 is 0.580. The van der Waals surface area contributed by atoms with Crippen molar-refractivity contribution in [2.75, 3.05) is 6.61 Å². The topological polar surface area (TPSA) is 208 Å². The van der Waals surface area contributed by atoms with Crippen molar-refractivity contribution in [2.45, 2.75) is 25.0 Å². The summed E-state index contributed by atoms with van der Waals surface area (Å²) in [5.74, 6) is -1.03. The van der Waals surface area contributed by atoms with Gasteiger partial charge in [0.05, 0.1) is 6.10 Å². The van der Waals surface area contributed by atoms with E-state index in [1.165, 1.54) is 0 Å². The number of carbonyl (C=O) groups is 1. The number of halogens is 1. The van der Waals surface area contributed by atoms with E-state index in [-0.39, 0.29) is 5.01 Å². The molecule has 0 aromatic carbocycles. The van der Waals surface area contributed by atoms with Crippen LogP contribution < -0.4 is 5.73 Å². The van der Waals surface area contributed by atoms with Crippen LogP contribution in [-0.4, -0.2) is 43.2 Å². The summed E-state index contributed by atoms with van der Waals surface area (Å²) in [4.78, 5) is 51.2. The Morgan fingerprint density at radius 2 is 2.19 bits per heavy atom. The first kappa shape index (κ1) is 22.8. The Bertz CT molecular complexity index is 776. The molecule has 1 aromatic rings. The largest absolute Gasteiger partial charge is 0.705 e. The number of amides is 1. The number of nitrogens with two attached hydrogens (primary N) is 1. The molecule has 0 radical (unpaired) electrons. The molecular weight excluding hydrogens is 456 g/mol. The van der Waals surface area contributed by atoms with Gasteiger partial charge >= 0.3 is 24.2 Å². The number of hydrogen-bond acceptors (Lipinski definition) is 11. The van der Waals surface area contributed by atoms with Crippen LogP contribution in [0.3, 0.4) is 0 Å². The first-order valence-electron chi connectivity index (χ1n) is 6.89. The van der Waals surface area contributed by atoms with E-state index in [0.29, 0.717) is 24.2 Å². The second-order valence-electron chi connectivity index (χ2n) is 5.02. The number of nitrogens with zero attached hydrogens (tertiary/aromatic N) is 1. The van der Waals surface area contributed by atoms with E-state index in [9.17, 15) is 28.1 Å². The van der Waals surface area contributed by atoms with E-state index in [1.807, 2.05) is 0 Å². The predicted octanol–water partition coefficient (Wildman–Crippen LogP) is 1.06. The molecule has 4 atom stereocenters. The summed E-state index contributed by atoms with van der Waals surface area (Å²) < 4.78 is 52.8. The summed E-state index contributed by atoms with van der Waals surface area (Å²) in [7, 11) is -13.7. The van der Waals surface area contributed by atoms with Gasteiger partial charge in [0.15, 0.2) is 5.69 Å². The first-order valence-corrected chi connectivity index (χ1v) is 11.9. The number of phosphoric acid groups is 1. The number of ether oxygens (including phenoxy) is 1. The van der Waals surface area contributed by atoms with Crippen LogP contribution in [-0.2, 0) is 27.0 Å². The molecule has 152 valence electrons. The van der Waals surface area contributed by atoms with Crippen LogP contribution in [0.15, 0.2) is 0 Å². The zero-order chi connectivity index (χ0) is 20.4. The van der Waals surface area contributed by atoms with Gasteiger partial charge in [0.2, 0.25) is 5.13 Å². The maximum atomic E-state index is 13.6. The van der Waals surface area contributed by atoms with Crippen LogP contribution in [0.25, 0.3) is 0 Å². The van der Waals surface area contributed by atoms with Gasteiger partial charge in [-0.15, -0.1) is 4.89 Å². The van der Waals surface area contributed by atoms with Crippen LogP contribution in [0.5, 0.6) is 0 Å². The zero-order valence-electron chi connectivity index (χ0n) is 13.1. The van der Waals surface area contributed by atoms with Crippen molar-refractivity contribution < 1.29 is 55.8 Å². The van der Waals surface area contributed by atoms with Crippen molar-refractivity contribution in [3.8, 4) is 0 Å². The third-order valence-corrected chi connectivity index (χ3v) is 7.51. The summed E-state index contributed by atoms with van der Waals surface area (Å²) in [6.45, 7) is -0.501. The van der Waals surface area contributed by atoms with Crippen LogP contribution in [0.2, 0.25) is 0 Å². The molecule has 0 spiro atoms. The second-order valence-corrected chi connectivity index (χ2v) is 9.96. The molecule has 1 aromatic heterocycles. The number of aromatic nitrogens is 1. The van der Waals surface area contributed by atoms with Crippen molar-refractivity contribution in [1.82, 2.24) is 4.98 Å². The fourth-order valence-corrected chi connectivity index (χ4v) is 5.64. The van der Waals surface area contributed by atoms with Gasteiger partial charge in [-0.3, -0.25) is 9.69 Å². The number of primary amides is 1. The molecule has 1 aliphatic rings. The maximum absolute atomic E-state index is 13.6. The molecule has 1 aliphatic heterocycles. The number of carbonyl (C=O) groups excluding carboxylic acids is 1. The van der Waals surface area contributed by atoms with Gasteiger partial charge in [0.1, 0.15) is 17.7 Å². The normalized spacial score (nSPS) is 23.2. The second kappa shape index (κ2) is 8.87. The van der Waals surface area contributed by atoms with Gasteiger partial charge in [-0.05, 0) is 17.2 Å². The van der Waals surface area contributed by atoms with E-state index in [1.54, 1.807) is 0 Å². The lowest BCUT2D eigenvalue weighted by atomic mass is 10.2. The molecule has 2 rings (SSSR count). The lowest BCUT2D eigenvalue weighted by molar-refractivity contribution is 0.00553. The Kier molecular flexibility index (Phi) is 7.47. The Hall–Kier alpha value is -0.530. The molecule has 0 saturated carbocycles. The Morgan fingerprint density at radius 3 is 2.74 bits per heavy atom. The molecule has 13 nitrogen and oxygen atoms in total. The van der Waals surface area contributed by atoms with Crippen molar-refractivity contribution in [2.24, 2.45) is 5.73 Å². The molecule has 27 heavy (non-hydrogen) atoms. The third kappa shape index (κ3) is 6.79. The summed E-state index contributed by atoms with van der Waals surface area (Å²) in [6, 6.07) is 0. The highest BCUT2D eigenvalue weighted by molar-refractivity contribution is 7.67. The number of hydrogen-bond donors (Lipinski definition) is 5. The quantitative estimate of drug-likeness (QED) is 0.321. The highest BCUT2D eigenvalue weighted by Gasteiger charge is 2.54. The molecule has 1 fully saturated rings. The van der Waals surface area contributed by atoms with Gasteiger partial charge in [-0.1, -0.05) is 11.3 Å². The van der Waals surface area contributed by atoms with Gasteiger partial charge in [0, 0.05) is 8.88 Å². The average molecular weight is 470 g/mol. The number of rotatable bonds is 9. The van der Waals surface area contributed by atoms with E-state index in [4.69, 9.17) is 20.3 Å². The Balaban J connectivity index is 1.89. The molecule has 6 N–H and O–H groups in total. The summed E-state index contributed by atoms with van der Waals surface area (Å²) in [6.07, 6.45) is -0.777. The molecule has 1 amide bonds. The lowest BCUT2D eigenvalue weighted by Crippen LogP contribution is -2.16. The maximum Gasteiger partial charge on any atom is 0.705 e. The van der Waals surface area contributed by atoms with E-state index < -0.39 is 59.8 Å². The fraction of sp³-hybridized carbons (Fsp3) is 0.556. The van der Waals surface area contributed by atoms with Crippen LogP contribution >= 0.6 is 35.6 Å². The van der Waals surface area contributed by atoms with Crippen LogP contribution in [0.4, 0.5) is 4.39 Å². The van der Waals surface area contributed by atoms with E-state index in [0.717, 1.165) is 0 Å². The monoisotopic (exact) mass is 470 g/mol. The molecular formula is C9H14FN2O11P3S+2. The summed E-state index contributed by atoms with van der Waals surface area (Å²) in [5, 5.41) is -0.695. The molecule has 1 saturated heterocycles. The van der Waals surface area contributed by atoms with E-state index >= 15 is 0 Å². The first-order chi connectivity index (χ1) is 12.4. The zero-order valence-corrected chi connectivity index (χ0v) is 16.6. The molecule has 0 aliphatic carbocycles. The van der Waals surface area contributed by atoms with Crippen LogP contribution in [0, 0.1) is 5.13 Å². The third-order valence-electron chi connectivity index (χ3n) is 3.03. The lowest BCUT2D eigenvalue weighted by Gasteiger charge is -2.13. The smallest absolute Gasteiger partial charge is 0.365 e. The van der Waals surface area contributed by atoms with Crippen molar-refractivity contribution in [3.05, 3.63) is 15.8 Å². The Labute approximate surface area is 156 Å². The van der Waals surface area contributed by atoms with Gasteiger partial charge < -0.3 is 10.5 Å². The van der Waals surface area contributed by atoms with Gasteiger partial charge in [-0.25, -0.2) is 9.55 Å². The van der Waals surface area contributed by atoms with Crippen molar-refractivity contribution in [3.63, 3.8) is 0 Å². The number of thiazole rings is 1. The van der Waals surface area contributed by atoms with Gasteiger partial charge in [0.25, 0.3) is 5.91 Å². The van der Waals surface area contributed by atoms with Crippen molar-refractivity contribution >= 4 is 41.5 Å². The highest BCUT2D eigenvalue weighted by Crippen LogP contribution is 2.67. The standard InChI is InChI=1S/C9H12FN2O11P3S/c10-7-6(8(11)13)12-9(27-7)5-2-1-4(21-5)3-20-25(16,17)23-26(18,19)22-24(14)15/h4-5,16-17H,1-3H2,(H2-2,11,13,14,15,18,19)/p+2/t4-,5+/m0/s1. The highest BCUT2D eigenvalue weighted by atomic mass is 32.1. The predicted molar refractivity (Wildman–Crippen MR) is 86.6 cm³/mol. The minimum absolute atomic E-state index is 0.161. The molecule has 18 heteroatoms. The molecule has 0 bridgehead atoms.